The van der Waals surface area contributed by atoms with Crippen molar-refractivity contribution >= 4 is 0 Å². The van der Waals surface area contributed by atoms with Gasteiger partial charge in [-0.25, -0.2) is 0 Å². The zero-order valence-electron chi connectivity index (χ0n) is 11.2. The molecule has 0 heterocycles. The third kappa shape index (κ3) is 7.93. The van der Waals surface area contributed by atoms with Crippen LogP contribution in [0.4, 0.5) is 13.2 Å². The normalized spacial score (nSPS) is 18.5. The van der Waals surface area contributed by atoms with Crippen LogP contribution in [-0.2, 0) is 0 Å². The SMILES string of the molecule is CN(CCNCC1CCCCC1)CCC(F)(F)F. The second-order valence-corrected chi connectivity index (χ2v) is 5.38. The van der Waals surface area contributed by atoms with Crippen molar-refractivity contribution in [3.05, 3.63) is 0 Å². The van der Waals surface area contributed by atoms with Crippen molar-refractivity contribution in [3.63, 3.8) is 0 Å². The predicted molar refractivity (Wildman–Crippen MR) is 67.6 cm³/mol. The molecule has 2 nitrogen and oxygen atoms in total. The highest BCUT2D eigenvalue weighted by Gasteiger charge is 2.26. The van der Waals surface area contributed by atoms with Crippen molar-refractivity contribution in [2.45, 2.75) is 44.7 Å². The van der Waals surface area contributed by atoms with Gasteiger partial charge in [0.1, 0.15) is 0 Å². The fourth-order valence-electron chi connectivity index (χ4n) is 2.40. The van der Waals surface area contributed by atoms with Gasteiger partial charge in [-0.15, -0.1) is 0 Å². The zero-order valence-corrected chi connectivity index (χ0v) is 11.2. The molecule has 108 valence electrons. The molecule has 0 aromatic carbocycles. The number of alkyl halides is 3. The van der Waals surface area contributed by atoms with E-state index < -0.39 is 12.6 Å². The Morgan fingerprint density at radius 3 is 2.39 bits per heavy atom. The Morgan fingerprint density at radius 1 is 1.11 bits per heavy atom. The van der Waals surface area contributed by atoms with Gasteiger partial charge in [-0.1, -0.05) is 19.3 Å². The van der Waals surface area contributed by atoms with Gasteiger partial charge in [-0.3, -0.25) is 0 Å². The van der Waals surface area contributed by atoms with Crippen molar-refractivity contribution in [2.24, 2.45) is 5.92 Å². The molecular weight excluding hydrogens is 241 g/mol. The first kappa shape index (κ1) is 15.8. The molecule has 1 saturated carbocycles. The summed E-state index contributed by atoms with van der Waals surface area (Å²) in [6, 6.07) is 0. The van der Waals surface area contributed by atoms with Gasteiger partial charge in [-0.2, -0.15) is 13.2 Å². The Morgan fingerprint density at radius 2 is 1.78 bits per heavy atom. The standard InChI is InChI=1S/C13H25F3N2/c1-18(9-7-13(14,15)16)10-8-17-11-12-5-3-2-4-6-12/h12,17H,2-11H2,1H3. The number of nitrogens with one attached hydrogen (secondary N) is 1. The Labute approximate surface area is 108 Å². The first-order valence-corrected chi connectivity index (χ1v) is 6.93. The second-order valence-electron chi connectivity index (χ2n) is 5.38. The summed E-state index contributed by atoms with van der Waals surface area (Å²) in [4.78, 5) is 1.74. The summed E-state index contributed by atoms with van der Waals surface area (Å²) in [5.41, 5.74) is 0. The molecule has 5 heteroatoms. The number of nitrogens with zero attached hydrogens (tertiary/aromatic N) is 1. The lowest BCUT2D eigenvalue weighted by Gasteiger charge is -2.23. The minimum absolute atomic E-state index is 0.0919. The van der Waals surface area contributed by atoms with E-state index in [0.717, 1.165) is 19.0 Å². The maximum Gasteiger partial charge on any atom is 0.390 e. The van der Waals surface area contributed by atoms with Crippen LogP contribution in [0.25, 0.3) is 0 Å². The highest BCUT2D eigenvalue weighted by Crippen LogP contribution is 2.22. The molecule has 0 atom stereocenters. The van der Waals surface area contributed by atoms with Gasteiger partial charge in [0.05, 0.1) is 6.42 Å². The fraction of sp³-hybridized carbons (Fsp3) is 1.00. The molecule has 18 heavy (non-hydrogen) atoms. The number of halogens is 3. The molecular formula is C13H25F3N2. The van der Waals surface area contributed by atoms with Crippen molar-refractivity contribution in [2.75, 3.05) is 33.2 Å². The maximum atomic E-state index is 12.0. The highest BCUT2D eigenvalue weighted by atomic mass is 19.4. The van der Waals surface area contributed by atoms with Crippen LogP contribution in [0, 0.1) is 5.92 Å². The highest BCUT2D eigenvalue weighted by molar-refractivity contribution is 4.68. The van der Waals surface area contributed by atoms with Crippen LogP contribution in [0.3, 0.4) is 0 Å². The molecule has 0 spiro atoms. The predicted octanol–water partition coefficient (Wildman–Crippen LogP) is 3.04. The summed E-state index contributed by atoms with van der Waals surface area (Å²) in [5.74, 6) is 0.777. The molecule has 0 aliphatic heterocycles. The van der Waals surface area contributed by atoms with Crippen LogP contribution in [0.2, 0.25) is 0 Å². The molecule has 0 saturated heterocycles. The maximum absolute atomic E-state index is 12.0. The quantitative estimate of drug-likeness (QED) is 0.713. The summed E-state index contributed by atoms with van der Waals surface area (Å²) in [6.45, 7) is 2.58. The Hall–Kier alpha value is -0.290. The fourth-order valence-corrected chi connectivity index (χ4v) is 2.40. The summed E-state index contributed by atoms with van der Waals surface area (Å²) in [5, 5.41) is 3.36. The number of rotatable bonds is 7. The Balaban J connectivity index is 1.96. The minimum Gasteiger partial charge on any atom is -0.315 e. The molecule has 0 unspecified atom stereocenters. The lowest BCUT2D eigenvalue weighted by Crippen LogP contribution is -2.34. The van der Waals surface area contributed by atoms with Crippen LogP contribution in [0.5, 0.6) is 0 Å². The largest absolute Gasteiger partial charge is 0.390 e. The first-order chi connectivity index (χ1) is 8.47. The van der Waals surface area contributed by atoms with Gasteiger partial charge in [0.25, 0.3) is 0 Å². The van der Waals surface area contributed by atoms with Crippen molar-refractivity contribution in [1.82, 2.24) is 10.2 Å². The average molecular weight is 266 g/mol. The number of likely N-dealkylation sites (N-methyl/N-ethyl adjacent to an activating group) is 1. The van der Waals surface area contributed by atoms with Crippen molar-refractivity contribution in [1.29, 1.82) is 0 Å². The number of hydrogen-bond donors (Lipinski definition) is 1. The Bertz CT molecular complexity index is 213. The van der Waals surface area contributed by atoms with Gasteiger partial charge >= 0.3 is 6.18 Å². The summed E-state index contributed by atoms with van der Waals surface area (Å²) < 4.78 is 36.0. The smallest absolute Gasteiger partial charge is 0.315 e. The van der Waals surface area contributed by atoms with E-state index in [1.54, 1.807) is 11.9 Å². The van der Waals surface area contributed by atoms with Crippen molar-refractivity contribution in [3.8, 4) is 0 Å². The zero-order chi connectivity index (χ0) is 13.4. The molecule has 1 aliphatic rings. The van der Waals surface area contributed by atoms with Gasteiger partial charge in [0.2, 0.25) is 0 Å². The number of hydrogen-bond acceptors (Lipinski definition) is 2. The second kappa shape index (κ2) is 8.00. The first-order valence-electron chi connectivity index (χ1n) is 6.93. The summed E-state index contributed by atoms with van der Waals surface area (Å²) in [6.07, 6.45) is 1.87. The lowest BCUT2D eigenvalue weighted by molar-refractivity contribution is -0.137. The minimum atomic E-state index is -4.04. The molecule has 0 aromatic rings. The molecule has 0 bridgehead atoms. The van der Waals surface area contributed by atoms with E-state index in [0.29, 0.717) is 6.54 Å². The van der Waals surface area contributed by atoms with Gasteiger partial charge in [-0.05, 0) is 32.4 Å². The van der Waals surface area contributed by atoms with Gasteiger partial charge in [0, 0.05) is 19.6 Å². The Kier molecular flexibility index (Phi) is 7.00. The third-order valence-electron chi connectivity index (χ3n) is 3.61. The van der Waals surface area contributed by atoms with E-state index >= 15 is 0 Å². The average Bonchev–Trinajstić information content (AvgIpc) is 2.33. The monoisotopic (exact) mass is 266 g/mol. The van der Waals surface area contributed by atoms with E-state index in [4.69, 9.17) is 0 Å². The lowest BCUT2D eigenvalue weighted by atomic mass is 9.89. The van der Waals surface area contributed by atoms with Crippen LogP contribution in [0.15, 0.2) is 0 Å². The van der Waals surface area contributed by atoms with E-state index in [1.807, 2.05) is 0 Å². The molecule has 1 aliphatic carbocycles. The molecule has 0 radical (unpaired) electrons. The van der Waals surface area contributed by atoms with Gasteiger partial charge in [0.15, 0.2) is 0 Å². The molecule has 0 amide bonds. The molecule has 1 N–H and O–H groups in total. The topological polar surface area (TPSA) is 15.3 Å². The van der Waals surface area contributed by atoms with Crippen LogP contribution in [0.1, 0.15) is 38.5 Å². The molecule has 1 rings (SSSR count). The van der Waals surface area contributed by atoms with Gasteiger partial charge < -0.3 is 10.2 Å². The van der Waals surface area contributed by atoms with Crippen LogP contribution >= 0.6 is 0 Å². The summed E-state index contributed by atoms with van der Waals surface area (Å²) in [7, 11) is 1.74. The van der Waals surface area contributed by atoms with E-state index in [1.165, 1.54) is 32.1 Å². The van der Waals surface area contributed by atoms with E-state index in [-0.39, 0.29) is 6.54 Å². The van der Waals surface area contributed by atoms with Crippen LogP contribution in [-0.4, -0.2) is 44.3 Å². The summed E-state index contributed by atoms with van der Waals surface area (Å²) >= 11 is 0. The third-order valence-corrected chi connectivity index (χ3v) is 3.61. The molecule has 0 aromatic heterocycles. The van der Waals surface area contributed by atoms with E-state index in [9.17, 15) is 13.2 Å². The van der Waals surface area contributed by atoms with Crippen molar-refractivity contribution < 1.29 is 13.2 Å². The van der Waals surface area contributed by atoms with Crippen LogP contribution < -0.4 is 5.32 Å². The molecule has 1 fully saturated rings. The van der Waals surface area contributed by atoms with E-state index in [2.05, 4.69) is 5.32 Å².